The van der Waals surface area contributed by atoms with Gasteiger partial charge in [-0.25, -0.2) is 0 Å². The van der Waals surface area contributed by atoms with Gasteiger partial charge in [0.25, 0.3) is 0 Å². The second kappa shape index (κ2) is 7.65. The molecule has 0 spiro atoms. The first-order valence-corrected chi connectivity index (χ1v) is 7.19. The average molecular weight is 297 g/mol. The lowest BCUT2D eigenvalue weighted by atomic mass is 9.99. The Bertz CT molecular complexity index is 456. The zero-order chi connectivity index (χ0) is 13.8. The van der Waals surface area contributed by atoms with Gasteiger partial charge in [-0.3, -0.25) is 4.79 Å². The molecule has 1 aromatic carbocycles. The number of aryl methyl sites for hydroxylation is 2. The molecule has 0 radical (unpaired) electrons. The molecule has 2 N–H and O–H groups in total. The Morgan fingerprint density at radius 2 is 2.10 bits per heavy atom. The minimum atomic E-state index is -0.0121. The summed E-state index contributed by atoms with van der Waals surface area (Å²) in [6, 6.07) is 6.43. The van der Waals surface area contributed by atoms with Gasteiger partial charge in [-0.15, -0.1) is 12.4 Å². The smallest absolute Gasteiger partial charge is 0.237 e. The van der Waals surface area contributed by atoms with E-state index in [9.17, 15) is 4.79 Å². The molecule has 0 aromatic heterocycles. The molecule has 20 heavy (non-hydrogen) atoms. The van der Waals surface area contributed by atoms with Crippen LogP contribution in [0.4, 0.5) is 0 Å². The lowest BCUT2D eigenvalue weighted by molar-refractivity contribution is -0.124. The third-order valence-corrected chi connectivity index (χ3v) is 3.88. The van der Waals surface area contributed by atoms with E-state index in [0.717, 1.165) is 19.4 Å². The number of hydrogen-bond acceptors (Lipinski definition) is 2. The third-order valence-electron chi connectivity index (χ3n) is 3.88. The van der Waals surface area contributed by atoms with E-state index in [1.54, 1.807) is 0 Å². The molecular weight excluding hydrogens is 272 g/mol. The Morgan fingerprint density at radius 1 is 1.35 bits per heavy atom. The number of hydrogen-bond donors (Lipinski definition) is 2. The molecule has 2 rings (SSSR count). The minimum absolute atomic E-state index is 0. The number of benzene rings is 1. The summed E-state index contributed by atoms with van der Waals surface area (Å²) in [5.74, 6) is 0.132. The van der Waals surface area contributed by atoms with Crippen molar-refractivity contribution in [1.29, 1.82) is 0 Å². The van der Waals surface area contributed by atoms with Crippen LogP contribution in [-0.2, 0) is 4.79 Å². The van der Waals surface area contributed by atoms with Crippen molar-refractivity contribution in [3.05, 3.63) is 34.9 Å². The summed E-state index contributed by atoms with van der Waals surface area (Å²) in [6.07, 6.45) is 3.27. The van der Waals surface area contributed by atoms with Gasteiger partial charge < -0.3 is 10.6 Å². The highest BCUT2D eigenvalue weighted by Crippen LogP contribution is 2.19. The normalized spacial score (nSPS) is 19.9. The number of piperidine rings is 1. The molecule has 1 heterocycles. The van der Waals surface area contributed by atoms with Crippen LogP contribution in [0.5, 0.6) is 0 Å². The minimum Gasteiger partial charge on any atom is -0.348 e. The van der Waals surface area contributed by atoms with Crippen molar-refractivity contribution in [2.75, 3.05) is 6.54 Å². The Kier molecular flexibility index (Phi) is 6.50. The predicted octanol–water partition coefficient (Wildman–Crippen LogP) is 3.04. The van der Waals surface area contributed by atoms with Crippen molar-refractivity contribution in [3.63, 3.8) is 0 Å². The molecule has 1 aliphatic rings. The highest BCUT2D eigenvalue weighted by Gasteiger charge is 2.22. The lowest BCUT2D eigenvalue weighted by Gasteiger charge is -2.25. The van der Waals surface area contributed by atoms with Gasteiger partial charge in [-0.2, -0.15) is 0 Å². The number of halogens is 1. The summed E-state index contributed by atoms with van der Waals surface area (Å²) in [5.41, 5.74) is 3.70. The van der Waals surface area contributed by atoms with Crippen LogP contribution in [0.3, 0.4) is 0 Å². The fourth-order valence-corrected chi connectivity index (χ4v) is 2.78. The van der Waals surface area contributed by atoms with Crippen molar-refractivity contribution >= 4 is 18.3 Å². The number of carbonyl (C=O) groups excluding carboxylic acids is 1. The lowest BCUT2D eigenvalue weighted by Crippen LogP contribution is -2.47. The largest absolute Gasteiger partial charge is 0.348 e. The van der Waals surface area contributed by atoms with E-state index in [1.165, 1.54) is 23.1 Å². The van der Waals surface area contributed by atoms with E-state index in [4.69, 9.17) is 0 Å². The maximum Gasteiger partial charge on any atom is 0.237 e. The van der Waals surface area contributed by atoms with Crippen molar-refractivity contribution in [3.8, 4) is 0 Å². The van der Waals surface area contributed by atoms with Crippen LogP contribution in [0.25, 0.3) is 0 Å². The van der Waals surface area contributed by atoms with Crippen LogP contribution in [0.15, 0.2) is 18.2 Å². The molecule has 1 amide bonds. The van der Waals surface area contributed by atoms with Crippen LogP contribution >= 0.6 is 12.4 Å². The summed E-state index contributed by atoms with van der Waals surface area (Å²) in [4.78, 5) is 12.2. The van der Waals surface area contributed by atoms with E-state index in [-0.39, 0.29) is 30.4 Å². The molecule has 0 bridgehead atoms. The second-order valence-electron chi connectivity index (χ2n) is 5.59. The molecule has 2 atom stereocenters. The van der Waals surface area contributed by atoms with E-state index >= 15 is 0 Å². The Labute approximate surface area is 127 Å². The summed E-state index contributed by atoms with van der Waals surface area (Å²) < 4.78 is 0. The van der Waals surface area contributed by atoms with Gasteiger partial charge in [0.05, 0.1) is 12.1 Å². The molecule has 1 aliphatic heterocycles. The zero-order valence-corrected chi connectivity index (χ0v) is 13.3. The van der Waals surface area contributed by atoms with Gasteiger partial charge in [-0.05, 0) is 51.3 Å². The monoisotopic (exact) mass is 296 g/mol. The predicted molar refractivity (Wildman–Crippen MR) is 85.4 cm³/mol. The van der Waals surface area contributed by atoms with Gasteiger partial charge in [-0.1, -0.05) is 30.2 Å². The molecule has 1 unspecified atom stereocenters. The molecule has 4 heteroatoms. The Balaban J connectivity index is 0.00000200. The van der Waals surface area contributed by atoms with E-state index in [0.29, 0.717) is 0 Å². The van der Waals surface area contributed by atoms with Gasteiger partial charge in [0.15, 0.2) is 0 Å². The standard InChI is InChI=1S/C16H24N2O.ClH/c1-11-7-8-14(12(2)10-11)13(3)18-16(19)15-6-4-5-9-17-15;/h7-8,10,13,15,17H,4-6,9H2,1-3H3,(H,18,19);1H/t13?,15-;/m1./s1. The van der Waals surface area contributed by atoms with Crippen molar-refractivity contribution in [2.45, 2.75) is 52.1 Å². The summed E-state index contributed by atoms with van der Waals surface area (Å²) in [5, 5.41) is 6.41. The van der Waals surface area contributed by atoms with Crippen molar-refractivity contribution in [2.24, 2.45) is 0 Å². The molecule has 1 aromatic rings. The van der Waals surface area contributed by atoms with Crippen LogP contribution in [-0.4, -0.2) is 18.5 Å². The first-order chi connectivity index (χ1) is 9.08. The maximum atomic E-state index is 12.2. The van der Waals surface area contributed by atoms with Gasteiger partial charge in [0, 0.05) is 0 Å². The van der Waals surface area contributed by atoms with Gasteiger partial charge in [0.1, 0.15) is 0 Å². The zero-order valence-electron chi connectivity index (χ0n) is 12.5. The van der Waals surface area contributed by atoms with Gasteiger partial charge in [0.2, 0.25) is 5.91 Å². The van der Waals surface area contributed by atoms with Crippen molar-refractivity contribution < 1.29 is 4.79 Å². The molecule has 3 nitrogen and oxygen atoms in total. The summed E-state index contributed by atoms with van der Waals surface area (Å²) in [6.45, 7) is 7.20. The molecule has 1 saturated heterocycles. The first kappa shape index (κ1) is 17.0. The molecule has 0 saturated carbocycles. The number of carbonyl (C=O) groups is 1. The SMILES string of the molecule is Cc1ccc(C(C)NC(=O)[C@H]2CCCCN2)c(C)c1.Cl. The van der Waals surface area contributed by atoms with E-state index < -0.39 is 0 Å². The molecule has 112 valence electrons. The molecular formula is C16H25ClN2O. The third kappa shape index (κ3) is 4.22. The average Bonchev–Trinajstić information content (AvgIpc) is 2.39. The maximum absolute atomic E-state index is 12.2. The van der Waals surface area contributed by atoms with Crippen LogP contribution in [0.1, 0.15) is 48.9 Å². The fraction of sp³-hybridized carbons (Fsp3) is 0.562. The molecule has 0 aliphatic carbocycles. The van der Waals surface area contributed by atoms with Crippen LogP contribution in [0, 0.1) is 13.8 Å². The number of amides is 1. The van der Waals surface area contributed by atoms with Crippen LogP contribution < -0.4 is 10.6 Å². The molecule has 1 fully saturated rings. The van der Waals surface area contributed by atoms with E-state index in [1.807, 2.05) is 0 Å². The number of rotatable bonds is 3. The van der Waals surface area contributed by atoms with E-state index in [2.05, 4.69) is 49.6 Å². The fourth-order valence-electron chi connectivity index (χ4n) is 2.78. The first-order valence-electron chi connectivity index (χ1n) is 7.19. The van der Waals surface area contributed by atoms with Crippen LogP contribution in [0.2, 0.25) is 0 Å². The summed E-state index contributed by atoms with van der Waals surface area (Å²) >= 11 is 0. The highest BCUT2D eigenvalue weighted by molar-refractivity contribution is 5.85. The highest BCUT2D eigenvalue weighted by atomic mass is 35.5. The topological polar surface area (TPSA) is 41.1 Å². The van der Waals surface area contributed by atoms with Gasteiger partial charge >= 0.3 is 0 Å². The Morgan fingerprint density at radius 3 is 2.70 bits per heavy atom. The summed E-state index contributed by atoms with van der Waals surface area (Å²) in [7, 11) is 0. The van der Waals surface area contributed by atoms with Crippen molar-refractivity contribution in [1.82, 2.24) is 10.6 Å². The second-order valence-corrected chi connectivity index (χ2v) is 5.59. The Hall–Kier alpha value is -1.06. The number of nitrogens with one attached hydrogen (secondary N) is 2. The quantitative estimate of drug-likeness (QED) is 0.900.